The van der Waals surface area contributed by atoms with Crippen molar-refractivity contribution in [2.24, 2.45) is 0 Å². The zero-order chi connectivity index (χ0) is 11.8. The normalized spacial score (nSPS) is 10.9. The fraction of sp³-hybridized carbons (Fsp3) is 0.0909. The van der Waals surface area contributed by atoms with Gasteiger partial charge in [0.25, 0.3) is 0 Å². The van der Waals surface area contributed by atoms with Crippen LogP contribution < -0.4 is 0 Å². The van der Waals surface area contributed by atoms with Crippen molar-refractivity contribution >= 4 is 22.6 Å². The molecule has 17 heavy (non-hydrogen) atoms. The zero-order valence-electron chi connectivity index (χ0n) is 8.98. The molecule has 0 atom stereocenters. The van der Waals surface area contributed by atoms with Crippen LogP contribution in [0.2, 0.25) is 5.15 Å². The van der Waals surface area contributed by atoms with Crippen molar-refractivity contribution < 1.29 is 0 Å². The molecule has 0 unspecified atom stereocenters. The fourth-order valence-corrected chi connectivity index (χ4v) is 1.86. The van der Waals surface area contributed by atoms with E-state index < -0.39 is 0 Å². The largest absolute Gasteiger partial charge is 0.264 e. The van der Waals surface area contributed by atoms with Gasteiger partial charge in [0.15, 0.2) is 11.5 Å². The summed E-state index contributed by atoms with van der Waals surface area (Å²) in [5.41, 5.74) is 2.55. The monoisotopic (exact) mass is 245 g/mol. The number of pyridine rings is 1. The van der Waals surface area contributed by atoms with Gasteiger partial charge in [-0.15, -0.1) is 0 Å². The van der Waals surface area contributed by atoms with Crippen LogP contribution in [0.25, 0.3) is 22.4 Å². The second kappa shape index (κ2) is 3.78. The molecule has 0 saturated heterocycles. The summed E-state index contributed by atoms with van der Waals surface area (Å²) in [5, 5.41) is 7.81. The first-order valence-corrected chi connectivity index (χ1v) is 5.41. The SMILES string of the molecule is Cc1cnccc1-c1nc(Cl)c2cn[nH]c2n1. The minimum Gasteiger partial charge on any atom is -0.264 e. The van der Waals surface area contributed by atoms with Crippen molar-refractivity contribution in [2.45, 2.75) is 6.92 Å². The Morgan fingerprint density at radius 1 is 1.24 bits per heavy atom. The van der Waals surface area contributed by atoms with Gasteiger partial charge in [0, 0.05) is 18.0 Å². The Morgan fingerprint density at radius 3 is 2.94 bits per heavy atom. The molecule has 0 fully saturated rings. The van der Waals surface area contributed by atoms with Gasteiger partial charge in [-0.3, -0.25) is 10.1 Å². The number of hydrogen-bond donors (Lipinski definition) is 1. The molecule has 0 saturated carbocycles. The lowest BCUT2D eigenvalue weighted by atomic mass is 10.1. The van der Waals surface area contributed by atoms with Gasteiger partial charge in [-0.25, -0.2) is 9.97 Å². The lowest BCUT2D eigenvalue weighted by molar-refractivity contribution is 1.09. The van der Waals surface area contributed by atoms with Crippen LogP contribution in [0.5, 0.6) is 0 Å². The molecule has 5 nitrogen and oxygen atoms in total. The number of nitrogens with zero attached hydrogens (tertiary/aromatic N) is 4. The lowest BCUT2D eigenvalue weighted by Crippen LogP contribution is -1.93. The van der Waals surface area contributed by atoms with Crippen LogP contribution in [0.15, 0.2) is 24.7 Å². The maximum atomic E-state index is 6.08. The molecular weight excluding hydrogens is 238 g/mol. The van der Waals surface area contributed by atoms with Gasteiger partial charge in [0.1, 0.15) is 5.15 Å². The Balaban J connectivity index is 2.28. The molecule has 3 heterocycles. The fourth-order valence-electron chi connectivity index (χ4n) is 1.64. The lowest BCUT2D eigenvalue weighted by Gasteiger charge is -2.03. The quantitative estimate of drug-likeness (QED) is 0.669. The number of H-pyrrole nitrogens is 1. The average Bonchev–Trinajstić information content (AvgIpc) is 2.78. The van der Waals surface area contributed by atoms with Gasteiger partial charge in [-0.2, -0.15) is 5.10 Å². The average molecular weight is 246 g/mol. The van der Waals surface area contributed by atoms with E-state index in [1.165, 1.54) is 0 Å². The molecule has 0 aliphatic carbocycles. The Morgan fingerprint density at radius 2 is 2.12 bits per heavy atom. The van der Waals surface area contributed by atoms with Crippen LogP contribution in [0.3, 0.4) is 0 Å². The van der Waals surface area contributed by atoms with Crippen molar-refractivity contribution in [3.63, 3.8) is 0 Å². The molecule has 1 N–H and O–H groups in total. The third-order valence-corrected chi connectivity index (χ3v) is 2.81. The molecule has 0 amide bonds. The second-order valence-corrected chi connectivity index (χ2v) is 4.02. The van der Waals surface area contributed by atoms with Gasteiger partial charge in [0.2, 0.25) is 0 Å². The second-order valence-electron chi connectivity index (χ2n) is 3.66. The van der Waals surface area contributed by atoms with Crippen LogP contribution in [-0.2, 0) is 0 Å². The Bertz CT molecular complexity index is 691. The summed E-state index contributed by atoms with van der Waals surface area (Å²) in [6.45, 7) is 1.96. The number of halogens is 1. The standard InChI is InChI=1S/C11H8ClN5/c1-6-4-13-3-2-7(6)10-15-9(12)8-5-14-17-11(8)16-10/h2-5H,1H3,(H,14,15,16,17). The topological polar surface area (TPSA) is 67.3 Å². The molecule has 0 spiro atoms. The number of aromatic amines is 1. The highest BCUT2D eigenvalue weighted by atomic mass is 35.5. The number of rotatable bonds is 1. The van der Waals surface area contributed by atoms with E-state index >= 15 is 0 Å². The van der Waals surface area contributed by atoms with Gasteiger partial charge in [-0.05, 0) is 18.6 Å². The Hall–Kier alpha value is -2.01. The molecule has 0 radical (unpaired) electrons. The highest BCUT2D eigenvalue weighted by Gasteiger charge is 2.10. The molecule has 0 aromatic carbocycles. The van der Waals surface area contributed by atoms with Crippen LogP contribution in [0, 0.1) is 6.92 Å². The predicted octanol–water partition coefficient (Wildman–Crippen LogP) is 2.38. The zero-order valence-corrected chi connectivity index (χ0v) is 9.73. The van der Waals surface area contributed by atoms with Gasteiger partial charge in [-0.1, -0.05) is 11.6 Å². The van der Waals surface area contributed by atoms with E-state index in [0.29, 0.717) is 16.6 Å². The summed E-state index contributed by atoms with van der Waals surface area (Å²) in [6.07, 6.45) is 5.08. The maximum Gasteiger partial charge on any atom is 0.163 e. The Labute approximate surface area is 102 Å². The van der Waals surface area contributed by atoms with Crippen molar-refractivity contribution in [1.29, 1.82) is 0 Å². The van der Waals surface area contributed by atoms with Crippen molar-refractivity contribution in [2.75, 3.05) is 0 Å². The highest BCUT2D eigenvalue weighted by Crippen LogP contribution is 2.24. The van der Waals surface area contributed by atoms with Crippen LogP contribution in [0.1, 0.15) is 5.56 Å². The van der Waals surface area contributed by atoms with Crippen molar-refractivity contribution in [3.05, 3.63) is 35.4 Å². The van der Waals surface area contributed by atoms with Crippen LogP contribution in [-0.4, -0.2) is 25.1 Å². The molecule has 3 aromatic rings. The van der Waals surface area contributed by atoms with Gasteiger partial charge >= 0.3 is 0 Å². The van der Waals surface area contributed by atoms with Crippen LogP contribution in [0.4, 0.5) is 0 Å². The third kappa shape index (κ3) is 1.64. The molecule has 84 valence electrons. The van der Waals surface area contributed by atoms with E-state index in [0.717, 1.165) is 16.5 Å². The molecule has 3 aromatic heterocycles. The molecule has 0 aliphatic heterocycles. The van der Waals surface area contributed by atoms with Crippen LogP contribution >= 0.6 is 11.6 Å². The smallest absolute Gasteiger partial charge is 0.163 e. The summed E-state index contributed by atoms with van der Waals surface area (Å²) in [6, 6.07) is 1.86. The molecule has 0 aliphatic rings. The van der Waals surface area contributed by atoms with E-state index in [2.05, 4.69) is 25.1 Å². The number of aryl methyl sites for hydroxylation is 1. The van der Waals surface area contributed by atoms with Gasteiger partial charge in [0.05, 0.1) is 11.6 Å². The first-order valence-electron chi connectivity index (χ1n) is 5.03. The minimum absolute atomic E-state index is 0.398. The van der Waals surface area contributed by atoms with Crippen molar-refractivity contribution in [1.82, 2.24) is 25.1 Å². The first-order chi connectivity index (χ1) is 8.25. The maximum absolute atomic E-state index is 6.08. The number of aromatic nitrogens is 5. The van der Waals surface area contributed by atoms with E-state index in [-0.39, 0.29) is 0 Å². The van der Waals surface area contributed by atoms with Crippen molar-refractivity contribution in [3.8, 4) is 11.4 Å². The molecule has 0 bridgehead atoms. The summed E-state index contributed by atoms with van der Waals surface area (Å²) in [7, 11) is 0. The first kappa shape index (κ1) is 10.2. The van der Waals surface area contributed by atoms with Gasteiger partial charge < -0.3 is 0 Å². The van der Waals surface area contributed by atoms with E-state index in [9.17, 15) is 0 Å². The summed E-state index contributed by atoms with van der Waals surface area (Å²) in [4.78, 5) is 12.7. The summed E-state index contributed by atoms with van der Waals surface area (Å²) >= 11 is 6.08. The molecule has 6 heteroatoms. The number of fused-ring (bicyclic) bond motifs is 1. The molecular formula is C11H8ClN5. The number of hydrogen-bond acceptors (Lipinski definition) is 4. The summed E-state index contributed by atoms with van der Waals surface area (Å²) in [5.74, 6) is 0.576. The minimum atomic E-state index is 0.398. The highest BCUT2D eigenvalue weighted by molar-refractivity contribution is 6.34. The van der Waals surface area contributed by atoms with E-state index in [1.54, 1.807) is 18.6 Å². The molecule has 3 rings (SSSR count). The predicted molar refractivity (Wildman–Crippen MR) is 64.7 cm³/mol. The van der Waals surface area contributed by atoms with E-state index in [4.69, 9.17) is 11.6 Å². The summed E-state index contributed by atoms with van der Waals surface area (Å²) < 4.78 is 0. The van der Waals surface area contributed by atoms with E-state index in [1.807, 2.05) is 13.0 Å². The number of nitrogens with one attached hydrogen (secondary N) is 1. The Kier molecular flexibility index (Phi) is 2.26. The third-order valence-electron chi connectivity index (χ3n) is 2.52.